The molecule has 2 fully saturated rings. The summed E-state index contributed by atoms with van der Waals surface area (Å²) in [5, 5.41) is 5.04. The molecule has 1 saturated heterocycles. The van der Waals surface area contributed by atoms with E-state index in [0.29, 0.717) is 18.5 Å². The molecule has 2 unspecified atom stereocenters. The molecule has 2 amide bonds. The van der Waals surface area contributed by atoms with Crippen LogP contribution in [0.5, 0.6) is 0 Å². The summed E-state index contributed by atoms with van der Waals surface area (Å²) < 4.78 is 22.6. The Bertz CT molecular complexity index is 800. The fourth-order valence-electron chi connectivity index (χ4n) is 3.46. The van der Waals surface area contributed by atoms with Gasteiger partial charge in [0.25, 0.3) is 0 Å². The summed E-state index contributed by atoms with van der Waals surface area (Å²) in [5.41, 5.74) is 0.295. The van der Waals surface area contributed by atoms with Crippen molar-refractivity contribution in [1.29, 1.82) is 0 Å². The van der Waals surface area contributed by atoms with Gasteiger partial charge in [-0.1, -0.05) is 6.42 Å². The highest BCUT2D eigenvalue weighted by Gasteiger charge is 2.46. The number of ketones is 1. The van der Waals surface area contributed by atoms with Crippen molar-refractivity contribution in [1.82, 2.24) is 0 Å². The highest BCUT2D eigenvalue weighted by molar-refractivity contribution is 7.89. The molecule has 1 aromatic rings. The number of benzene rings is 1. The van der Waals surface area contributed by atoms with E-state index in [9.17, 15) is 22.8 Å². The number of sulfonamides is 1. The first kappa shape index (κ1) is 16.8. The summed E-state index contributed by atoms with van der Waals surface area (Å²) >= 11 is 0. The second kappa shape index (κ2) is 6.10. The third-order valence-electron chi connectivity index (χ3n) is 4.69. The Morgan fingerprint density at radius 3 is 2.25 bits per heavy atom. The van der Waals surface area contributed by atoms with Crippen molar-refractivity contribution in [3.05, 3.63) is 24.3 Å². The molecule has 24 heavy (non-hydrogen) atoms. The van der Waals surface area contributed by atoms with E-state index in [1.54, 1.807) is 0 Å². The lowest BCUT2D eigenvalue weighted by atomic mass is 9.78. The van der Waals surface area contributed by atoms with Crippen LogP contribution in [0.2, 0.25) is 0 Å². The van der Waals surface area contributed by atoms with E-state index in [0.717, 1.165) is 17.7 Å². The zero-order chi connectivity index (χ0) is 17.5. The van der Waals surface area contributed by atoms with Gasteiger partial charge >= 0.3 is 0 Å². The Kier molecular flexibility index (Phi) is 4.27. The quantitative estimate of drug-likeness (QED) is 0.816. The number of nitrogens with zero attached hydrogens (tertiary/aromatic N) is 1. The molecule has 0 spiro atoms. The summed E-state index contributed by atoms with van der Waals surface area (Å²) in [6.07, 6.45) is 2.85. The second-order valence-electron chi connectivity index (χ2n) is 6.24. The normalized spacial score (nSPS) is 25.4. The SMILES string of the molecule is NS(=O)(=O)c1ccc(N2C(=O)CC(C3CCCCC3=O)C2=O)cc1. The summed E-state index contributed by atoms with van der Waals surface area (Å²) in [6, 6.07) is 5.26. The van der Waals surface area contributed by atoms with Crippen molar-refractivity contribution in [2.45, 2.75) is 37.0 Å². The van der Waals surface area contributed by atoms with E-state index < -0.39 is 15.9 Å². The van der Waals surface area contributed by atoms with Gasteiger partial charge in [0.2, 0.25) is 21.8 Å². The van der Waals surface area contributed by atoms with Crippen LogP contribution in [0, 0.1) is 11.8 Å². The van der Waals surface area contributed by atoms with Crippen LogP contribution in [0.3, 0.4) is 0 Å². The molecule has 7 nitrogen and oxygen atoms in total. The number of amides is 2. The minimum absolute atomic E-state index is 0.0200. The number of rotatable bonds is 3. The van der Waals surface area contributed by atoms with Gasteiger partial charge < -0.3 is 0 Å². The Balaban J connectivity index is 1.85. The van der Waals surface area contributed by atoms with Gasteiger partial charge in [0.15, 0.2) is 0 Å². The molecule has 2 atom stereocenters. The molecule has 3 rings (SSSR count). The minimum Gasteiger partial charge on any atom is -0.299 e. The maximum atomic E-state index is 12.7. The molecule has 1 aliphatic carbocycles. The minimum atomic E-state index is -3.84. The van der Waals surface area contributed by atoms with Gasteiger partial charge in [0.1, 0.15) is 5.78 Å². The van der Waals surface area contributed by atoms with E-state index in [1.165, 1.54) is 24.3 Å². The molecule has 1 aliphatic heterocycles. The third kappa shape index (κ3) is 2.99. The molecule has 0 bridgehead atoms. The summed E-state index contributed by atoms with van der Waals surface area (Å²) in [6.45, 7) is 0. The van der Waals surface area contributed by atoms with Crippen molar-refractivity contribution in [2.75, 3.05) is 4.90 Å². The van der Waals surface area contributed by atoms with E-state index in [2.05, 4.69) is 0 Å². The molecule has 8 heteroatoms. The largest absolute Gasteiger partial charge is 0.299 e. The number of carbonyl (C=O) groups excluding carboxylic acids is 3. The van der Waals surface area contributed by atoms with E-state index >= 15 is 0 Å². The maximum Gasteiger partial charge on any atom is 0.238 e. The van der Waals surface area contributed by atoms with Gasteiger partial charge in [-0.3, -0.25) is 19.3 Å². The number of hydrogen-bond acceptors (Lipinski definition) is 5. The standard InChI is InChI=1S/C16H18N2O5S/c17-24(22,23)11-7-5-10(6-8-11)18-15(20)9-13(16(18)21)12-3-1-2-4-14(12)19/h5-8,12-13H,1-4,9H2,(H2,17,22,23). The van der Waals surface area contributed by atoms with E-state index in [4.69, 9.17) is 5.14 Å². The molecule has 0 radical (unpaired) electrons. The third-order valence-corrected chi connectivity index (χ3v) is 5.62. The topological polar surface area (TPSA) is 115 Å². The average molecular weight is 350 g/mol. The maximum absolute atomic E-state index is 12.7. The van der Waals surface area contributed by atoms with Crippen LogP contribution < -0.4 is 10.0 Å². The number of primary sulfonamides is 1. The fraction of sp³-hybridized carbons (Fsp3) is 0.438. The lowest BCUT2D eigenvalue weighted by Gasteiger charge is -2.24. The number of nitrogens with two attached hydrogens (primary N) is 1. The highest BCUT2D eigenvalue weighted by Crippen LogP contribution is 2.36. The van der Waals surface area contributed by atoms with Gasteiger partial charge in [-0.2, -0.15) is 0 Å². The Morgan fingerprint density at radius 2 is 1.67 bits per heavy atom. The first-order valence-corrected chi connectivity index (χ1v) is 9.36. The molecule has 1 saturated carbocycles. The van der Waals surface area contributed by atoms with Crippen LogP contribution in [-0.2, 0) is 24.4 Å². The number of Topliss-reactive ketones (excluding diaryl/α,β-unsaturated/α-hetero) is 1. The lowest BCUT2D eigenvalue weighted by Crippen LogP contribution is -2.35. The Morgan fingerprint density at radius 1 is 1.00 bits per heavy atom. The molecule has 2 aliphatic rings. The number of carbonyl (C=O) groups is 3. The van der Waals surface area contributed by atoms with Crippen molar-refractivity contribution in [3.63, 3.8) is 0 Å². The Labute approximate surface area is 139 Å². The second-order valence-corrected chi connectivity index (χ2v) is 7.80. The fourth-order valence-corrected chi connectivity index (χ4v) is 3.98. The smallest absolute Gasteiger partial charge is 0.238 e. The number of anilines is 1. The lowest BCUT2D eigenvalue weighted by molar-refractivity contribution is -0.132. The van der Waals surface area contributed by atoms with E-state index in [1.807, 2.05) is 0 Å². The number of imide groups is 1. The number of hydrogen-bond donors (Lipinski definition) is 1. The molecule has 1 aromatic carbocycles. The van der Waals surface area contributed by atoms with Crippen molar-refractivity contribution >= 4 is 33.3 Å². The summed E-state index contributed by atoms with van der Waals surface area (Å²) in [5.74, 6) is -1.69. The van der Waals surface area contributed by atoms with Crippen LogP contribution in [-0.4, -0.2) is 26.0 Å². The predicted octanol–water partition coefficient (Wildman–Crippen LogP) is 0.973. The predicted molar refractivity (Wildman–Crippen MR) is 85.4 cm³/mol. The van der Waals surface area contributed by atoms with Crippen molar-refractivity contribution < 1.29 is 22.8 Å². The Hall–Kier alpha value is -2.06. The highest BCUT2D eigenvalue weighted by atomic mass is 32.2. The van der Waals surface area contributed by atoms with Crippen LogP contribution in [0.4, 0.5) is 5.69 Å². The molecule has 128 valence electrons. The molecular weight excluding hydrogens is 332 g/mol. The van der Waals surface area contributed by atoms with Gasteiger partial charge in [-0.15, -0.1) is 0 Å². The van der Waals surface area contributed by atoms with Crippen molar-refractivity contribution in [2.24, 2.45) is 17.0 Å². The van der Waals surface area contributed by atoms with Crippen LogP contribution in [0.15, 0.2) is 29.2 Å². The zero-order valence-electron chi connectivity index (χ0n) is 13.0. The first-order chi connectivity index (χ1) is 11.3. The van der Waals surface area contributed by atoms with Crippen molar-refractivity contribution in [3.8, 4) is 0 Å². The summed E-state index contributed by atoms with van der Waals surface area (Å²) in [4.78, 5) is 37.9. The van der Waals surface area contributed by atoms with E-state index in [-0.39, 0.29) is 34.8 Å². The monoisotopic (exact) mass is 350 g/mol. The van der Waals surface area contributed by atoms with Crippen LogP contribution in [0.25, 0.3) is 0 Å². The van der Waals surface area contributed by atoms with Crippen LogP contribution >= 0.6 is 0 Å². The van der Waals surface area contributed by atoms with Gasteiger partial charge in [0.05, 0.1) is 16.5 Å². The molecule has 1 heterocycles. The zero-order valence-corrected chi connectivity index (χ0v) is 13.8. The molecule has 2 N–H and O–H groups in total. The van der Waals surface area contributed by atoms with Gasteiger partial charge in [-0.25, -0.2) is 13.6 Å². The molecule has 0 aromatic heterocycles. The van der Waals surface area contributed by atoms with Crippen LogP contribution in [0.1, 0.15) is 32.1 Å². The van der Waals surface area contributed by atoms with Gasteiger partial charge in [0, 0.05) is 18.8 Å². The average Bonchev–Trinajstić information content (AvgIpc) is 2.82. The first-order valence-electron chi connectivity index (χ1n) is 7.81. The summed E-state index contributed by atoms with van der Waals surface area (Å²) in [7, 11) is -3.84. The molecular formula is C16H18N2O5S. The van der Waals surface area contributed by atoms with Gasteiger partial charge in [-0.05, 0) is 37.1 Å².